The summed E-state index contributed by atoms with van der Waals surface area (Å²) in [7, 11) is 0. The van der Waals surface area contributed by atoms with Crippen LogP contribution in [0, 0.1) is 5.92 Å². The Kier molecular flexibility index (Phi) is 7.41. The quantitative estimate of drug-likeness (QED) is 0.367. The van der Waals surface area contributed by atoms with Gasteiger partial charge in [0.15, 0.2) is 0 Å². The number of carbonyl (C=O) groups is 1. The molecule has 1 saturated heterocycles. The monoisotopic (exact) mass is 486 g/mol. The Labute approximate surface area is 210 Å². The summed E-state index contributed by atoms with van der Waals surface area (Å²) in [5, 5.41) is 12.4. The van der Waals surface area contributed by atoms with Gasteiger partial charge in [0, 0.05) is 19.4 Å². The van der Waals surface area contributed by atoms with Crippen LogP contribution in [0.15, 0.2) is 59.4 Å². The fraction of sp³-hybridized carbons (Fsp3) is 0.429. The van der Waals surface area contributed by atoms with Crippen molar-refractivity contribution in [3.05, 3.63) is 76.3 Å². The molecule has 8 heteroatoms. The highest BCUT2D eigenvalue weighted by Crippen LogP contribution is 2.17. The van der Waals surface area contributed by atoms with Gasteiger partial charge in [-0.05, 0) is 62.5 Å². The van der Waals surface area contributed by atoms with Crippen molar-refractivity contribution < 1.29 is 4.79 Å². The molecule has 1 N–H and O–H groups in total. The van der Waals surface area contributed by atoms with E-state index in [-0.39, 0.29) is 11.5 Å². The number of likely N-dealkylation sites (tertiary alicyclic amines) is 1. The molecule has 1 amide bonds. The molecule has 5 rings (SSSR count). The van der Waals surface area contributed by atoms with E-state index in [1.807, 2.05) is 59.0 Å². The molecule has 0 unspecified atom stereocenters. The van der Waals surface area contributed by atoms with Gasteiger partial charge in [-0.25, -0.2) is 0 Å². The Morgan fingerprint density at radius 2 is 1.78 bits per heavy atom. The van der Waals surface area contributed by atoms with Crippen molar-refractivity contribution in [2.24, 2.45) is 5.92 Å². The van der Waals surface area contributed by atoms with Gasteiger partial charge in [0.2, 0.25) is 11.7 Å². The second kappa shape index (κ2) is 11.0. The average Bonchev–Trinajstić information content (AvgIpc) is 3.33. The highest BCUT2D eigenvalue weighted by molar-refractivity contribution is 5.80. The second-order valence-corrected chi connectivity index (χ2v) is 9.87. The van der Waals surface area contributed by atoms with Crippen LogP contribution in [0.25, 0.3) is 16.7 Å². The lowest BCUT2D eigenvalue weighted by atomic mass is 9.99. The van der Waals surface area contributed by atoms with Crippen LogP contribution < -0.4 is 10.9 Å². The van der Waals surface area contributed by atoms with Gasteiger partial charge in [0.05, 0.1) is 17.4 Å². The summed E-state index contributed by atoms with van der Waals surface area (Å²) in [6.07, 6.45) is 4.28. The Hall–Kier alpha value is -3.52. The molecule has 0 bridgehead atoms. The third kappa shape index (κ3) is 5.33. The lowest BCUT2D eigenvalue weighted by molar-refractivity contribution is -0.121. The molecule has 0 aliphatic carbocycles. The van der Waals surface area contributed by atoms with Gasteiger partial charge in [-0.1, -0.05) is 49.4 Å². The largest absolute Gasteiger partial charge is 0.356 e. The number of aromatic nitrogens is 4. The number of aryl methyl sites for hydroxylation is 1. The molecular weight excluding hydrogens is 452 g/mol. The van der Waals surface area contributed by atoms with Crippen LogP contribution in [0.1, 0.15) is 44.0 Å². The molecule has 2 aromatic carbocycles. The summed E-state index contributed by atoms with van der Waals surface area (Å²) in [5.74, 6) is 2.02. The van der Waals surface area contributed by atoms with Crippen LogP contribution in [0.3, 0.4) is 0 Å². The number of fused-ring (bicyclic) bond motifs is 3. The molecule has 0 spiro atoms. The maximum atomic E-state index is 13.3. The minimum Gasteiger partial charge on any atom is -0.356 e. The lowest BCUT2D eigenvalue weighted by Crippen LogP contribution is -2.35. The zero-order valence-electron chi connectivity index (χ0n) is 20.9. The number of benzene rings is 2. The molecule has 188 valence electrons. The van der Waals surface area contributed by atoms with Gasteiger partial charge < -0.3 is 10.2 Å². The van der Waals surface area contributed by atoms with E-state index in [0.29, 0.717) is 42.9 Å². The maximum absolute atomic E-state index is 13.3. The van der Waals surface area contributed by atoms with E-state index in [0.717, 1.165) is 30.0 Å². The van der Waals surface area contributed by atoms with E-state index < -0.39 is 0 Å². The molecule has 0 saturated carbocycles. The first kappa shape index (κ1) is 24.2. The van der Waals surface area contributed by atoms with E-state index in [4.69, 9.17) is 0 Å². The minimum absolute atomic E-state index is 0.0147. The molecular formula is C28H34N6O2. The highest BCUT2D eigenvalue weighted by atomic mass is 16.1. The van der Waals surface area contributed by atoms with Crippen LogP contribution in [0.4, 0.5) is 0 Å². The fourth-order valence-corrected chi connectivity index (χ4v) is 5.01. The van der Waals surface area contributed by atoms with E-state index in [1.54, 1.807) is 4.57 Å². The SMILES string of the molecule is CC1CCN(CCCNC(=O)CCc2nnc3n(Cc4ccccc4)c(=O)c4ccccc4n23)CC1. The molecule has 2 aromatic heterocycles. The number of rotatable bonds is 9. The Bertz CT molecular complexity index is 1390. The predicted octanol–water partition coefficient (Wildman–Crippen LogP) is 3.26. The first-order valence-electron chi connectivity index (χ1n) is 13.0. The van der Waals surface area contributed by atoms with Crippen LogP contribution in [0.5, 0.6) is 0 Å². The van der Waals surface area contributed by atoms with Gasteiger partial charge in [0.1, 0.15) is 5.82 Å². The summed E-state index contributed by atoms with van der Waals surface area (Å²) in [6.45, 7) is 6.78. The van der Waals surface area contributed by atoms with Gasteiger partial charge >= 0.3 is 0 Å². The average molecular weight is 487 g/mol. The summed E-state index contributed by atoms with van der Waals surface area (Å²) in [6, 6.07) is 17.4. The van der Waals surface area contributed by atoms with Crippen molar-refractivity contribution in [3.8, 4) is 0 Å². The molecule has 36 heavy (non-hydrogen) atoms. The Morgan fingerprint density at radius 3 is 2.58 bits per heavy atom. The van der Waals surface area contributed by atoms with E-state index in [1.165, 1.54) is 25.9 Å². The number of para-hydroxylation sites is 1. The lowest BCUT2D eigenvalue weighted by Gasteiger charge is -2.30. The first-order chi connectivity index (χ1) is 17.6. The molecule has 3 heterocycles. The van der Waals surface area contributed by atoms with Gasteiger partial charge in [-0.2, -0.15) is 0 Å². The normalized spacial score (nSPS) is 15.0. The smallest absolute Gasteiger partial charge is 0.263 e. The van der Waals surface area contributed by atoms with E-state index in [2.05, 4.69) is 27.3 Å². The number of hydrogen-bond donors (Lipinski definition) is 1. The van der Waals surface area contributed by atoms with Crippen molar-refractivity contribution >= 4 is 22.6 Å². The number of amides is 1. The van der Waals surface area contributed by atoms with Crippen LogP contribution >= 0.6 is 0 Å². The Balaban J connectivity index is 1.27. The van der Waals surface area contributed by atoms with Crippen LogP contribution in [0.2, 0.25) is 0 Å². The molecule has 0 atom stereocenters. The molecule has 1 aliphatic heterocycles. The summed E-state index contributed by atoms with van der Waals surface area (Å²) in [5.41, 5.74) is 1.68. The van der Waals surface area contributed by atoms with Crippen molar-refractivity contribution in [1.82, 2.24) is 29.4 Å². The number of nitrogens with one attached hydrogen (secondary N) is 1. The van der Waals surface area contributed by atoms with Gasteiger partial charge in [-0.3, -0.25) is 18.6 Å². The zero-order valence-corrected chi connectivity index (χ0v) is 20.9. The third-order valence-corrected chi connectivity index (χ3v) is 7.18. The van der Waals surface area contributed by atoms with Crippen molar-refractivity contribution in [1.29, 1.82) is 0 Å². The topological polar surface area (TPSA) is 84.5 Å². The van der Waals surface area contributed by atoms with Crippen molar-refractivity contribution in [2.75, 3.05) is 26.2 Å². The molecule has 1 fully saturated rings. The third-order valence-electron chi connectivity index (χ3n) is 7.18. The summed E-state index contributed by atoms with van der Waals surface area (Å²) in [4.78, 5) is 28.4. The molecule has 4 aromatic rings. The van der Waals surface area contributed by atoms with Crippen LogP contribution in [-0.2, 0) is 17.8 Å². The highest BCUT2D eigenvalue weighted by Gasteiger charge is 2.18. The standard InChI is InChI=1S/C28H34N6O2/c1-21-14-18-32(19-15-21)17-7-16-29-26(35)13-12-25-30-31-28-33(20-22-8-3-2-4-9-22)27(36)23-10-5-6-11-24(23)34(25)28/h2-6,8-11,21H,7,12-20H2,1H3,(H,29,35). The van der Waals surface area contributed by atoms with E-state index in [9.17, 15) is 9.59 Å². The molecule has 1 aliphatic rings. The number of carbonyl (C=O) groups excluding carboxylic acids is 1. The summed E-state index contributed by atoms with van der Waals surface area (Å²) < 4.78 is 3.58. The predicted molar refractivity (Wildman–Crippen MR) is 141 cm³/mol. The number of hydrogen-bond acceptors (Lipinski definition) is 5. The fourth-order valence-electron chi connectivity index (χ4n) is 5.01. The Morgan fingerprint density at radius 1 is 1.03 bits per heavy atom. The number of nitrogens with zero attached hydrogens (tertiary/aromatic N) is 5. The first-order valence-corrected chi connectivity index (χ1v) is 13.0. The molecule has 0 radical (unpaired) electrons. The van der Waals surface area contributed by atoms with Gasteiger partial charge in [0.25, 0.3) is 5.56 Å². The minimum atomic E-state index is -0.0955. The van der Waals surface area contributed by atoms with Gasteiger partial charge in [-0.15, -0.1) is 10.2 Å². The van der Waals surface area contributed by atoms with Crippen molar-refractivity contribution in [2.45, 2.75) is 45.6 Å². The molecule has 8 nitrogen and oxygen atoms in total. The van der Waals surface area contributed by atoms with Crippen molar-refractivity contribution in [3.63, 3.8) is 0 Å². The van der Waals surface area contributed by atoms with E-state index >= 15 is 0 Å². The second-order valence-electron chi connectivity index (χ2n) is 9.87. The van der Waals surface area contributed by atoms with Crippen LogP contribution in [-0.4, -0.2) is 56.2 Å². The number of piperidine rings is 1. The maximum Gasteiger partial charge on any atom is 0.263 e. The zero-order chi connectivity index (χ0) is 24.9. The summed E-state index contributed by atoms with van der Waals surface area (Å²) >= 11 is 0.